The van der Waals surface area contributed by atoms with Gasteiger partial charge in [0.05, 0.1) is 0 Å². The van der Waals surface area contributed by atoms with Crippen molar-refractivity contribution in [1.82, 2.24) is 4.31 Å². The summed E-state index contributed by atoms with van der Waals surface area (Å²) in [6, 6.07) is 0. The average molecular weight is 133 g/mol. The summed E-state index contributed by atoms with van der Waals surface area (Å²) in [4.78, 5) is 10.0. The van der Waals surface area contributed by atoms with Crippen LogP contribution in [0.4, 0.5) is 0 Å². The van der Waals surface area contributed by atoms with Crippen LogP contribution in [0.15, 0.2) is 0 Å². The zero-order valence-corrected chi connectivity index (χ0v) is 6.27. The molecule has 2 nitrogen and oxygen atoms in total. The van der Waals surface area contributed by atoms with Gasteiger partial charge in [-0.2, -0.15) is 0 Å². The lowest BCUT2D eigenvalue weighted by Gasteiger charge is -2.25. The Morgan fingerprint density at radius 1 is 1.50 bits per heavy atom. The maximum atomic E-state index is 10.0. The quantitative estimate of drug-likeness (QED) is 0.419. The van der Waals surface area contributed by atoms with Crippen molar-refractivity contribution < 1.29 is 4.79 Å². The second-order valence-electron chi connectivity index (χ2n) is 2.62. The summed E-state index contributed by atoms with van der Waals surface area (Å²) < 4.78 is 1.33. The number of hydrogen-bond donors (Lipinski definition) is 1. The first kappa shape index (κ1) is 7.82. The van der Waals surface area contributed by atoms with Crippen molar-refractivity contribution in [3.05, 3.63) is 0 Å². The summed E-state index contributed by atoms with van der Waals surface area (Å²) in [5.41, 5.74) is -0.162. The van der Waals surface area contributed by atoms with Crippen LogP contribution in [0.1, 0.15) is 20.8 Å². The van der Waals surface area contributed by atoms with Crippen molar-refractivity contribution in [3.8, 4) is 0 Å². The summed E-state index contributed by atoms with van der Waals surface area (Å²) >= 11 is 3.88. The van der Waals surface area contributed by atoms with Gasteiger partial charge in [-0.1, -0.05) is 12.8 Å². The van der Waals surface area contributed by atoms with Gasteiger partial charge >= 0.3 is 0 Å². The summed E-state index contributed by atoms with van der Waals surface area (Å²) in [5, 5.41) is 0. The van der Waals surface area contributed by atoms with Gasteiger partial charge in [0, 0.05) is 5.54 Å². The zero-order valence-electron chi connectivity index (χ0n) is 5.38. The zero-order chi connectivity index (χ0) is 6.78. The molecule has 1 amide bonds. The van der Waals surface area contributed by atoms with Crippen LogP contribution in [0.5, 0.6) is 0 Å². The first-order valence-corrected chi connectivity index (χ1v) is 2.82. The van der Waals surface area contributed by atoms with Gasteiger partial charge in [0.1, 0.15) is 0 Å². The molecule has 48 valence electrons. The molecule has 3 heteroatoms. The molecular formula is C5H11NOS. The van der Waals surface area contributed by atoms with Crippen LogP contribution >= 0.6 is 12.8 Å². The molecule has 0 radical (unpaired) electrons. The summed E-state index contributed by atoms with van der Waals surface area (Å²) in [6.45, 7) is 5.73. The molecular weight excluding hydrogens is 122 g/mol. The van der Waals surface area contributed by atoms with E-state index in [4.69, 9.17) is 0 Å². The molecule has 0 saturated carbocycles. The standard InChI is InChI=1S/C5H11NOS/c1-5(2,3)6(8)4-7/h4,8H,1-3H3. The van der Waals surface area contributed by atoms with Gasteiger partial charge in [-0.05, 0) is 20.8 Å². The highest BCUT2D eigenvalue weighted by Crippen LogP contribution is 2.11. The van der Waals surface area contributed by atoms with Crippen LogP contribution in [0.25, 0.3) is 0 Å². The van der Waals surface area contributed by atoms with Crippen LogP contribution in [0, 0.1) is 0 Å². The molecule has 0 rings (SSSR count). The lowest BCUT2D eigenvalue weighted by atomic mass is 10.1. The van der Waals surface area contributed by atoms with E-state index in [0.717, 1.165) is 0 Å². The fraction of sp³-hybridized carbons (Fsp3) is 0.800. The molecule has 0 aromatic heterocycles. The van der Waals surface area contributed by atoms with Crippen LogP contribution in [-0.2, 0) is 4.79 Å². The van der Waals surface area contributed by atoms with Gasteiger partial charge in [0.25, 0.3) is 0 Å². The topological polar surface area (TPSA) is 20.3 Å². The molecule has 0 aliphatic rings. The predicted molar refractivity (Wildman–Crippen MR) is 36.6 cm³/mol. The van der Waals surface area contributed by atoms with Crippen molar-refractivity contribution in [2.75, 3.05) is 0 Å². The Balaban J connectivity index is 3.80. The van der Waals surface area contributed by atoms with Crippen molar-refractivity contribution in [1.29, 1.82) is 0 Å². The monoisotopic (exact) mass is 133 g/mol. The fourth-order valence-corrected chi connectivity index (χ4v) is 0.158. The van der Waals surface area contributed by atoms with Gasteiger partial charge in [-0.15, -0.1) is 0 Å². The van der Waals surface area contributed by atoms with E-state index in [0.29, 0.717) is 6.41 Å². The highest BCUT2D eigenvalue weighted by molar-refractivity contribution is 7.78. The largest absolute Gasteiger partial charge is 0.286 e. The second-order valence-corrected chi connectivity index (χ2v) is 3.05. The average Bonchev–Trinajstić information content (AvgIpc) is 1.62. The molecule has 0 atom stereocenters. The van der Waals surface area contributed by atoms with Gasteiger partial charge in [-0.25, -0.2) is 0 Å². The molecule has 0 aliphatic heterocycles. The third-order valence-corrected chi connectivity index (χ3v) is 1.48. The van der Waals surface area contributed by atoms with E-state index in [9.17, 15) is 4.79 Å². The molecule has 0 heterocycles. The molecule has 0 aromatic carbocycles. The van der Waals surface area contributed by atoms with E-state index in [1.807, 2.05) is 20.8 Å². The molecule has 0 fully saturated rings. The molecule has 8 heavy (non-hydrogen) atoms. The molecule has 0 bridgehead atoms. The number of hydrogen-bond acceptors (Lipinski definition) is 2. The first-order valence-electron chi connectivity index (χ1n) is 2.42. The number of thiol groups is 1. The van der Waals surface area contributed by atoms with E-state index < -0.39 is 0 Å². The van der Waals surface area contributed by atoms with Gasteiger partial charge in [-0.3, -0.25) is 9.10 Å². The minimum Gasteiger partial charge on any atom is -0.286 e. The summed E-state index contributed by atoms with van der Waals surface area (Å²) in [6.07, 6.45) is 0.698. The molecule has 0 spiro atoms. The van der Waals surface area contributed by atoms with Crippen LogP contribution in [-0.4, -0.2) is 16.3 Å². The van der Waals surface area contributed by atoms with Crippen LogP contribution in [0.3, 0.4) is 0 Å². The van der Waals surface area contributed by atoms with Gasteiger partial charge in [0.15, 0.2) is 0 Å². The van der Waals surface area contributed by atoms with E-state index in [2.05, 4.69) is 12.8 Å². The smallest absolute Gasteiger partial charge is 0.219 e. The Morgan fingerprint density at radius 3 is 1.88 bits per heavy atom. The first-order chi connectivity index (χ1) is 3.48. The van der Waals surface area contributed by atoms with Crippen molar-refractivity contribution in [3.63, 3.8) is 0 Å². The third kappa shape index (κ3) is 2.21. The molecule has 0 aliphatic carbocycles. The third-order valence-electron chi connectivity index (χ3n) is 0.787. The number of carbonyl (C=O) groups is 1. The van der Waals surface area contributed by atoms with E-state index in [1.54, 1.807) is 0 Å². The Bertz CT molecular complexity index is 86.9. The highest BCUT2D eigenvalue weighted by Gasteiger charge is 2.14. The van der Waals surface area contributed by atoms with Crippen molar-refractivity contribution in [2.24, 2.45) is 0 Å². The Kier molecular flexibility index (Phi) is 2.34. The molecule has 0 N–H and O–H groups in total. The Morgan fingerprint density at radius 2 is 1.88 bits per heavy atom. The Hall–Kier alpha value is -0.180. The molecule has 0 unspecified atom stereocenters. The maximum absolute atomic E-state index is 10.0. The Labute approximate surface area is 55.4 Å². The predicted octanol–water partition coefficient (Wildman–Crippen LogP) is 1.09. The number of amides is 1. The van der Waals surface area contributed by atoms with E-state index >= 15 is 0 Å². The van der Waals surface area contributed by atoms with Crippen molar-refractivity contribution >= 4 is 19.2 Å². The number of carbonyl (C=O) groups excluding carboxylic acids is 1. The maximum Gasteiger partial charge on any atom is 0.219 e. The summed E-state index contributed by atoms with van der Waals surface area (Å²) in [7, 11) is 0. The summed E-state index contributed by atoms with van der Waals surface area (Å²) in [5.74, 6) is 0. The molecule has 0 aromatic rings. The number of rotatable bonds is 1. The second kappa shape index (κ2) is 2.40. The minimum absolute atomic E-state index is 0.162. The van der Waals surface area contributed by atoms with E-state index in [1.165, 1.54) is 4.31 Å². The van der Waals surface area contributed by atoms with Crippen LogP contribution < -0.4 is 0 Å². The molecule has 0 saturated heterocycles. The number of nitrogens with zero attached hydrogens (tertiary/aromatic N) is 1. The highest BCUT2D eigenvalue weighted by atomic mass is 32.1. The van der Waals surface area contributed by atoms with E-state index in [-0.39, 0.29) is 5.54 Å². The normalized spacial score (nSPS) is 11.0. The lowest BCUT2D eigenvalue weighted by molar-refractivity contribution is -0.116. The van der Waals surface area contributed by atoms with Crippen LogP contribution in [0.2, 0.25) is 0 Å². The van der Waals surface area contributed by atoms with Gasteiger partial charge in [0.2, 0.25) is 6.41 Å². The fourth-order valence-electron chi connectivity index (χ4n) is 0.158. The SMILES string of the molecule is CC(C)(C)N(S)C=O. The van der Waals surface area contributed by atoms with Gasteiger partial charge < -0.3 is 0 Å². The minimum atomic E-state index is -0.162. The lowest BCUT2D eigenvalue weighted by Crippen LogP contribution is -2.32. The van der Waals surface area contributed by atoms with Crippen molar-refractivity contribution in [2.45, 2.75) is 26.3 Å².